The second-order valence-electron chi connectivity index (χ2n) is 3.73. The predicted molar refractivity (Wildman–Crippen MR) is 74.0 cm³/mol. The first kappa shape index (κ1) is 12.8. The van der Waals surface area contributed by atoms with E-state index < -0.39 is 0 Å². The number of azo groups is 1. The van der Waals surface area contributed by atoms with Gasteiger partial charge in [-0.2, -0.15) is 0 Å². The Bertz CT molecular complexity index is 457. The lowest BCUT2D eigenvalue weighted by molar-refractivity contribution is -0.113. The van der Waals surface area contributed by atoms with Gasteiger partial charge >= 0.3 is 0 Å². The molecule has 1 amide bonds. The highest BCUT2D eigenvalue weighted by Crippen LogP contribution is 2.17. The summed E-state index contributed by atoms with van der Waals surface area (Å²) in [6, 6.07) is 7.85. The molecule has 1 atom stereocenters. The van der Waals surface area contributed by atoms with E-state index in [4.69, 9.17) is 0 Å². The Labute approximate surface area is 110 Å². The molecule has 0 saturated heterocycles. The monoisotopic (exact) mass is 262 g/mol. The number of carbonyl (C=O) groups excluding carboxylic acids is 1. The van der Waals surface area contributed by atoms with Gasteiger partial charge in [-0.15, -0.1) is 22.0 Å². The minimum atomic E-state index is -0.266. The number of hydrogen-bond donors (Lipinski definition) is 1. The average molecular weight is 262 g/mol. The number of nitrogens with one attached hydrogen (secondary N) is 1. The lowest BCUT2D eigenvalue weighted by Gasteiger charge is -2.06. The molecule has 0 spiro atoms. The molecule has 1 aromatic rings. The number of rotatable bonds is 5. The normalized spacial score (nSPS) is 17.1. The standard InChI is InChI=1S/C12H14N4OS/c1-2-9-3-5-10(6-4-9)15-11(17)7-18-12-13-8-14-16-12/h3-6,8,12H,2,7H2,1H3,(H,15,17). The van der Waals surface area contributed by atoms with Crippen molar-refractivity contribution in [3.63, 3.8) is 0 Å². The molecule has 2 rings (SSSR count). The number of anilines is 1. The van der Waals surface area contributed by atoms with E-state index in [0.29, 0.717) is 5.75 Å². The summed E-state index contributed by atoms with van der Waals surface area (Å²) < 4.78 is 0. The molecule has 0 saturated carbocycles. The van der Waals surface area contributed by atoms with Gasteiger partial charge in [-0.05, 0) is 24.1 Å². The van der Waals surface area contributed by atoms with Crippen LogP contribution in [0.2, 0.25) is 0 Å². The van der Waals surface area contributed by atoms with E-state index in [2.05, 4.69) is 27.5 Å². The summed E-state index contributed by atoms with van der Waals surface area (Å²) in [5.41, 5.74) is 1.80. The molecule has 1 aliphatic heterocycles. The van der Waals surface area contributed by atoms with Gasteiger partial charge in [-0.3, -0.25) is 4.79 Å². The summed E-state index contributed by atoms with van der Waals surface area (Å²) in [5.74, 6) is 0.262. The Morgan fingerprint density at radius 2 is 2.17 bits per heavy atom. The van der Waals surface area contributed by atoms with Gasteiger partial charge in [0.25, 0.3) is 0 Å². The number of benzene rings is 1. The fourth-order valence-electron chi connectivity index (χ4n) is 1.45. The molecule has 5 nitrogen and oxygen atoms in total. The molecule has 0 radical (unpaired) electrons. The van der Waals surface area contributed by atoms with Crippen LogP contribution in [0.4, 0.5) is 5.69 Å². The van der Waals surface area contributed by atoms with E-state index in [-0.39, 0.29) is 11.4 Å². The molecular formula is C12H14N4OS. The van der Waals surface area contributed by atoms with Gasteiger partial charge in [-0.1, -0.05) is 19.1 Å². The van der Waals surface area contributed by atoms with E-state index in [1.54, 1.807) is 0 Å². The zero-order chi connectivity index (χ0) is 12.8. The topological polar surface area (TPSA) is 66.2 Å². The van der Waals surface area contributed by atoms with Crippen molar-refractivity contribution >= 4 is 29.7 Å². The number of aliphatic imine (C=N–C) groups is 1. The largest absolute Gasteiger partial charge is 0.325 e. The minimum Gasteiger partial charge on any atom is -0.325 e. The summed E-state index contributed by atoms with van der Waals surface area (Å²) in [4.78, 5) is 15.6. The number of amides is 1. The van der Waals surface area contributed by atoms with Crippen LogP contribution in [0.1, 0.15) is 12.5 Å². The maximum Gasteiger partial charge on any atom is 0.234 e. The van der Waals surface area contributed by atoms with Gasteiger partial charge in [-0.25, -0.2) is 4.99 Å². The van der Waals surface area contributed by atoms with Crippen LogP contribution in [-0.2, 0) is 11.2 Å². The summed E-state index contributed by atoms with van der Waals surface area (Å²) in [7, 11) is 0. The fraction of sp³-hybridized carbons (Fsp3) is 0.333. The zero-order valence-corrected chi connectivity index (χ0v) is 10.9. The third-order valence-electron chi connectivity index (χ3n) is 2.42. The lowest BCUT2D eigenvalue weighted by Crippen LogP contribution is -2.15. The molecule has 94 valence electrons. The molecule has 6 heteroatoms. The maximum absolute atomic E-state index is 11.7. The fourth-order valence-corrected chi connectivity index (χ4v) is 2.09. The van der Waals surface area contributed by atoms with Crippen LogP contribution in [0.5, 0.6) is 0 Å². The van der Waals surface area contributed by atoms with Crippen molar-refractivity contribution in [2.24, 2.45) is 15.2 Å². The number of aryl methyl sites for hydroxylation is 1. The summed E-state index contributed by atoms with van der Waals surface area (Å²) in [6.45, 7) is 2.10. The van der Waals surface area contributed by atoms with Gasteiger partial charge in [0.1, 0.15) is 6.34 Å². The SMILES string of the molecule is CCc1ccc(NC(=O)CSC2N=CN=N2)cc1. The Morgan fingerprint density at radius 1 is 1.39 bits per heavy atom. The van der Waals surface area contributed by atoms with Crippen LogP contribution in [-0.4, -0.2) is 23.5 Å². The predicted octanol–water partition coefficient (Wildman–Crippen LogP) is 2.70. The second-order valence-corrected chi connectivity index (χ2v) is 4.78. The average Bonchev–Trinajstić information content (AvgIpc) is 2.90. The lowest BCUT2D eigenvalue weighted by atomic mass is 10.1. The number of hydrogen-bond acceptors (Lipinski definition) is 5. The van der Waals surface area contributed by atoms with E-state index in [1.165, 1.54) is 23.7 Å². The van der Waals surface area contributed by atoms with E-state index in [9.17, 15) is 4.79 Å². The molecule has 0 fully saturated rings. The molecule has 1 N–H and O–H groups in total. The number of nitrogens with zero attached hydrogens (tertiary/aromatic N) is 3. The van der Waals surface area contributed by atoms with Gasteiger partial charge < -0.3 is 5.32 Å². The summed E-state index contributed by atoms with van der Waals surface area (Å²) in [6.07, 6.45) is 2.40. The minimum absolute atomic E-state index is 0.0541. The van der Waals surface area contributed by atoms with Crippen LogP contribution in [0.25, 0.3) is 0 Å². The van der Waals surface area contributed by atoms with Crippen molar-refractivity contribution < 1.29 is 4.79 Å². The van der Waals surface area contributed by atoms with Gasteiger partial charge in [0.05, 0.1) is 5.75 Å². The van der Waals surface area contributed by atoms with E-state index in [0.717, 1.165) is 12.1 Å². The van der Waals surface area contributed by atoms with E-state index >= 15 is 0 Å². The maximum atomic E-state index is 11.7. The van der Waals surface area contributed by atoms with Crippen LogP contribution < -0.4 is 5.32 Å². The zero-order valence-electron chi connectivity index (χ0n) is 10.0. The molecule has 0 aromatic heterocycles. The van der Waals surface area contributed by atoms with Gasteiger partial charge in [0.15, 0.2) is 0 Å². The van der Waals surface area contributed by atoms with Crippen molar-refractivity contribution in [3.05, 3.63) is 29.8 Å². The van der Waals surface area contributed by atoms with Crippen LogP contribution >= 0.6 is 11.8 Å². The third-order valence-corrected chi connectivity index (χ3v) is 3.36. The van der Waals surface area contributed by atoms with Crippen molar-refractivity contribution in [1.82, 2.24) is 0 Å². The molecule has 0 aliphatic carbocycles. The summed E-state index contributed by atoms with van der Waals surface area (Å²) in [5, 5.41) is 10.3. The van der Waals surface area contributed by atoms with Gasteiger partial charge in [0, 0.05) is 5.69 Å². The molecule has 1 unspecified atom stereocenters. The van der Waals surface area contributed by atoms with Crippen molar-refractivity contribution in [3.8, 4) is 0 Å². The van der Waals surface area contributed by atoms with Crippen molar-refractivity contribution in [2.45, 2.75) is 18.8 Å². The van der Waals surface area contributed by atoms with Gasteiger partial charge in [0.2, 0.25) is 11.4 Å². The highest BCUT2D eigenvalue weighted by molar-refractivity contribution is 8.00. The Balaban J connectivity index is 1.79. The van der Waals surface area contributed by atoms with Crippen LogP contribution in [0.3, 0.4) is 0 Å². The van der Waals surface area contributed by atoms with E-state index in [1.807, 2.05) is 24.3 Å². The Hall–Kier alpha value is -1.69. The smallest absolute Gasteiger partial charge is 0.234 e. The quantitative estimate of drug-likeness (QED) is 0.886. The van der Waals surface area contributed by atoms with Crippen molar-refractivity contribution in [1.29, 1.82) is 0 Å². The molecule has 18 heavy (non-hydrogen) atoms. The molecule has 0 bridgehead atoms. The molecular weight excluding hydrogens is 248 g/mol. The van der Waals surface area contributed by atoms with Crippen LogP contribution in [0.15, 0.2) is 39.5 Å². The highest BCUT2D eigenvalue weighted by Gasteiger charge is 2.11. The Kier molecular flexibility index (Phi) is 4.46. The highest BCUT2D eigenvalue weighted by atomic mass is 32.2. The number of carbonyl (C=O) groups is 1. The first-order valence-electron chi connectivity index (χ1n) is 5.70. The first-order valence-corrected chi connectivity index (χ1v) is 6.75. The first-order chi connectivity index (χ1) is 8.78. The molecule has 1 heterocycles. The van der Waals surface area contributed by atoms with Crippen molar-refractivity contribution in [2.75, 3.05) is 11.1 Å². The number of thioether (sulfide) groups is 1. The molecule has 1 aliphatic rings. The second kappa shape index (κ2) is 6.30. The van der Waals surface area contributed by atoms with Crippen LogP contribution in [0, 0.1) is 0 Å². The third kappa shape index (κ3) is 3.66. The Morgan fingerprint density at radius 3 is 2.78 bits per heavy atom. The molecule has 1 aromatic carbocycles. The summed E-state index contributed by atoms with van der Waals surface area (Å²) >= 11 is 1.35.